The van der Waals surface area contributed by atoms with Gasteiger partial charge >= 0.3 is 0 Å². The van der Waals surface area contributed by atoms with E-state index in [2.05, 4.69) is 14.9 Å². The largest absolute Gasteiger partial charge is 0.496 e. The summed E-state index contributed by atoms with van der Waals surface area (Å²) in [6.07, 6.45) is 0. The summed E-state index contributed by atoms with van der Waals surface area (Å²) in [4.78, 5) is 4.40. The number of thiophene rings is 1. The number of hydrogen-bond acceptors (Lipinski definition) is 7. The van der Waals surface area contributed by atoms with E-state index in [1.807, 2.05) is 0 Å². The Morgan fingerprint density at radius 2 is 1.93 bits per heavy atom. The van der Waals surface area contributed by atoms with Crippen LogP contribution < -0.4 is 9.46 Å². The summed E-state index contributed by atoms with van der Waals surface area (Å²) in [5.41, 5.74) is 1.73. The molecule has 0 spiro atoms. The van der Waals surface area contributed by atoms with Gasteiger partial charge in [0.1, 0.15) is 9.96 Å². The molecule has 0 bridgehead atoms. The maximum Gasteiger partial charge on any atom is 0.271 e. The van der Waals surface area contributed by atoms with E-state index in [1.54, 1.807) is 60.0 Å². The van der Waals surface area contributed by atoms with Crippen LogP contribution >= 0.6 is 22.9 Å². The molecule has 0 aliphatic carbocycles. The van der Waals surface area contributed by atoms with Gasteiger partial charge < -0.3 is 9.26 Å². The molecule has 0 saturated heterocycles. The van der Waals surface area contributed by atoms with Gasteiger partial charge in [-0.25, -0.2) is 8.42 Å². The molecule has 4 rings (SSSR count). The fourth-order valence-electron chi connectivity index (χ4n) is 2.60. The smallest absolute Gasteiger partial charge is 0.271 e. The van der Waals surface area contributed by atoms with Crippen LogP contribution in [0.5, 0.6) is 5.75 Å². The summed E-state index contributed by atoms with van der Waals surface area (Å²) in [7, 11) is -2.07. The zero-order chi connectivity index (χ0) is 20.4. The lowest BCUT2D eigenvalue weighted by Crippen LogP contribution is -2.11. The number of methoxy groups -OCH3 is 1. The van der Waals surface area contributed by atoms with Crippen LogP contribution in [0.25, 0.3) is 22.8 Å². The fourth-order valence-corrected chi connectivity index (χ4v) is 4.81. The van der Waals surface area contributed by atoms with E-state index < -0.39 is 10.0 Å². The van der Waals surface area contributed by atoms with E-state index in [0.717, 1.165) is 11.3 Å². The Kier molecular flexibility index (Phi) is 5.27. The van der Waals surface area contributed by atoms with Gasteiger partial charge in [-0.15, -0.1) is 11.3 Å². The summed E-state index contributed by atoms with van der Waals surface area (Å²) in [6.45, 7) is 0. The van der Waals surface area contributed by atoms with Crippen molar-refractivity contribution in [1.29, 1.82) is 0 Å². The lowest BCUT2D eigenvalue weighted by atomic mass is 10.2. The summed E-state index contributed by atoms with van der Waals surface area (Å²) in [6, 6.07) is 15.0. The average molecular weight is 448 g/mol. The Morgan fingerprint density at radius 3 is 2.62 bits per heavy atom. The van der Waals surface area contributed by atoms with Crippen molar-refractivity contribution in [3.8, 4) is 28.6 Å². The second-order valence-electron chi connectivity index (χ2n) is 5.88. The summed E-state index contributed by atoms with van der Waals surface area (Å²) in [5.74, 6) is 1.17. The van der Waals surface area contributed by atoms with Gasteiger partial charge in [0.25, 0.3) is 15.9 Å². The number of aromatic nitrogens is 2. The zero-order valence-corrected chi connectivity index (χ0v) is 17.4. The molecule has 0 atom stereocenters. The topological polar surface area (TPSA) is 94.3 Å². The molecular formula is C19H14ClN3O4S2. The van der Waals surface area contributed by atoms with Crippen molar-refractivity contribution in [3.63, 3.8) is 0 Å². The van der Waals surface area contributed by atoms with Crippen LogP contribution in [-0.4, -0.2) is 25.7 Å². The third kappa shape index (κ3) is 4.12. The second-order valence-corrected chi connectivity index (χ2v) is 9.18. The minimum atomic E-state index is -3.60. The Hall–Kier alpha value is -2.88. The Balaban J connectivity index is 1.56. The predicted molar refractivity (Wildman–Crippen MR) is 112 cm³/mol. The fraction of sp³-hybridized carbons (Fsp3) is 0.0526. The summed E-state index contributed by atoms with van der Waals surface area (Å²) in [5, 5.41) is 6.24. The van der Waals surface area contributed by atoms with Crippen LogP contribution in [0.1, 0.15) is 0 Å². The normalized spacial score (nSPS) is 11.4. The minimum absolute atomic E-state index is 0.251. The van der Waals surface area contributed by atoms with Crippen molar-refractivity contribution in [1.82, 2.24) is 10.1 Å². The molecule has 148 valence electrons. The first-order valence-electron chi connectivity index (χ1n) is 8.31. The molecule has 0 fully saturated rings. The van der Waals surface area contributed by atoms with Crippen molar-refractivity contribution in [2.75, 3.05) is 11.8 Å². The van der Waals surface area contributed by atoms with Crippen LogP contribution in [0.3, 0.4) is 0 Å². The first kappa shape index (κ1) is 19.4. The highest BCUT2D eigenvalue weighted by Gasteiger charge is 2.17. The highest BCUT2D eigenvalue weighted by Crippen LogP contribution is 2.32. The van der Waals surface area contributed by atoms with Gasteiger partial charge in [0.05, 0.1) is 12.7 Å². The number of nitrogens with zero attached hydrogens (tertiary/aromatic N) is 2. The van der Waals surface area contributed by atoms with Gasteiger partial charge in [-0.05, 0) is 53.9 Å². The van der Waals surface area contributed by atoms with Crippen molar-refractivity contribution in [2.24, 2.45) is 0 Å². The highest BCUT2D eigenvalue weighted by atomic mass is 35.5. The van der Waals surface area contributed by atoms with Gasteiger partial charge in [-0.3, -0.25) is 4.72 Å². The number of rotatable bonds is 6. The Bertz CT molecular complexity index is 1240. The lowest BCUT2D eigenvalue weighted by molar-refractivity contribution is 0.405. The third-order valence-electron chi connectivity index (χ3n) is 3.98. The van der Waals surface area contributed by atoms with E-state index in [0.29, 0.717) is 33.4 Å². The standard InChI is InChI=1S/C19H14ClN3O4S2/c1-26-16-11-13(20)6-9-15(16)19-21-18(22-27-19)12-4-7-14(8-5-12)23-29(24,25)17-3-2-10-28-17/h2-11,23H,1H3. The maximum atomic E-state index is 12.3. The molecule has 29 heavy (non-hydrogen) atoms. The SMILES string of the molecule is COc1cc(Cl)ccc1-c1nc(-c2ccc(NS(=O)(=O)c3cccs3)cc2)no1. The summed E-state index contributed by atoms with van der Waals surface area (Å²) < 4.78 is 38.1. The van der Waals surface area contributed by atoms with Gasteiger partial charge in [-0.2, -0.15) is 4.98 Å². The number of sulfonamides is 1. The highest BCUT2D eigenvalue weighted by molar-refractivity contribution is 7.94. The molecule has 2 aromatic heterocycles. The lowest BCUT2D eigenvalue weighted by Gasteiger charge is -2.06. The average Bonchev–Trinajstić information content (AvgIpc) is 3.41. The third-order valence-corrected chi connectivity index (χ3v) is 6.99. The number of anilines is 1. The van der Waals surface area contributed by atoms with E-state index in [4.69, 9.17) is 20.9 Å². The van der Waals surface area contributed by atoms with E-state index >= 15 is 0 Å². The first-order chi connectivity index (χ1) is 14.0. The van der Waals surface area contributed by atoms with Crippen LogP contribution in [0.2, 0.25) is 5.02 Å². The van der Waals surface area contributed by atoms with Crippen molar-refractivity contribution in [3.05, 3.63) is 65.0 Å². The van der Waals surface area contributed by atoms with Crippen LogP contribution in [-0.2, 0) is 10.0 Å². The van der Waals surface area contributed by atoms with Crippen molar-refractivity contribution < 1.29 is 17.7 Å². The molecule has 2 heterocycles. The number of ether oxygens (including phenoxy) is 1. The van der Waals surface area contributed by atoms with Gasteiger partial charge in [0, 0.05) is 16.3 Å². The molecule has 1 N–H and O–H groups in total. The first-order valence-corrected chi connectivity index (χ1v) is 11.0. The number of benzene rings is 2. The van der Waals surface area contributed by atoms with Crippen LogP contribution in [0, 0.1) is 0 Å². The minimum Gasteiger partial charge on any atom is -0.496 e. The molecular weight excluding hydrogens is 434 g/mol. The van der Waals surface area contributed by atoms with Crippen LogP contribution in [0.4, 0.5) is 5.69 Å². The van der Waals surface area contributed by atoms with Crippen molar-refractivity contribution >= 4 is 38.6 Å². The molecule has 0 amide bonds. The van der Waals surface area contributed by atoms with Gasteiger partial charge in [0.2, 0.25) is 5.82 Å². The molecule has 0 unspecified atom stereocenters. The number of hydrogen-bond donors (Lipinski definition) is 1. The molecule has 0 radical (unpaired) electrons. The van der Waals surface area contributed by atoms with E-state index in [-0.39, 0.29) is 10.1 Å². The quantitative estimate of drug-likeness (QED) is 0.450. The number of halogens is 1. The Labute approximate surface area is 176 Å². The van der Waals surface area contributed by atoms with Gasteiger partial charge in [0.15, 0.2) is 0 Å². The van der Waals surface area contributed by atoms with Crippen LogP contribution in [0.15, 0.2) is 68.7 Å². The van der Waals surface area contributed by atoms with E-state index in [1.165, 1.54) is 7.11 Å². The Morgan fingerprint density at radius 1 is 1.14 bits per heavy atom. The molecule has 2 aromatic carbocycles. The molecule has 0 aliphatic heterocycles. The van der Waals surface area contributed by atoms with Gasteiger partial charge in [-0.1, -0.05) is 22.8 Å². The predicted octanol–water partition coefficient (Wildman–Crippen LogP) is 4.93. The number of nitrogens with one attached hydrogen (secondary N) is 1. The molecule has 4 aromatic rings. The molecule has 0 aliphatic rings. The maximum absolute atomic E-state index is 12.3. The van der Waals surface area contributed by atoms with Crippen molar-refractivity contribution in [2.45, 2.75) is 4.21 Å². The second kappa shape index (κ2) is 7.86. The molecule has 10 heteroatoms. The molecule has 7 nitrogen and oxygen atoms in total. The summed E-state index contributed by atoms with van der Waals surface area (Å²) >= 11 is 7.13. The molecule has 0 saturated carbocycles. The monoisotopic (exact) mass is 447 g/mol. The van der Waals surface area contributed by atoms with E-state index in [9.17, 15) is 8.42 Å². The zero-order valence-electron chi connectivity index (χ0n) is 15.0.